The maximum atomic E-state index is 9.96. The second-order valence-corrected chi connectivity index (χ2v) is 3.82. The van der Waals surface area contributed by atoms with E-state index in [9.17, 15) is 5.11 Å². The Labute approximate surface area is 94.3 Å². The van der Waals surface area contributed by atoms with Crippen molar-refractivity contribution in [1.29, 1.82) is 0 Å². The average Bonchev–Trinajstić information content (AvgIpc) is 2.23. The van der Waals surface area contributed by atoms with Crippen LogP contribution in [0.4, 0.5) is 11.4 Å². The number of hydrogen-bond acceptors (Lipinski definition) is 3. The predicted octanol–water partition coefficient (Wildman–Crippen LogP) is 2.53. The van der Waals surface area contributed by atoms with Crippen molar-refractivity contribution in [1.82, 2.24) is 0 Å². The summed E-state index contributed by atoms with van der Waals surface area (Å²) >= 11 is 0. The molecule has 16 heavy (non-hydrogen) atoms. The second-order valence-electron chi connectivity index (χ2n) is 3.82. The highest BCUT2D eigenvalue weighted by atomic mass is 16.3. The minimum atomic E-state index is 0.263. The molecule has 0 saturated carbocycles. The molecule has 0 spiro atoms. The van der Waals surface area contributed by atoms with E-state index < -0.39 is 0 Å². The van der Waals surface area contributed by atoms with Crippen molar-refractivity contribution in [3.8, 4) is 16.9 Å². The number of aromatic hydroxyl groups is 1. The zero-order chi connectivity index (χ0) is 11.7. The predicted molar refractivity (Wildman–Crippen MR) is 67.1 cm³/mol. The summed E-state index contributed by atoms with van der Waals surface area (Å²) in [5, 5.41) is 9.96. The first-order valence-corrected chi connectivity index (χ1v) is 5.03. The summed E-state index contributed by atoms with van der Waals surface area (Å²) in [6.07, 6.45) is 0. The van der Waals surface area contributed by atoms with Crippen molar-refractivity contribution in [3.63, 3.8) is 0 Å². The first kappa shape index (κ1) is 10.4. The van der Waals surface area contributed by atoms with Crippen molar-refractivity contribution >= 4 is 11.4 Å². The number of anilines is 2. The quantitative estimate of drug-likeness (QED) is 0.639. The number of benzene rings is 2. The average molecular weight is 214 g/mol. The van der Waals surface area contributed by atoms with Crippen molar-refractivity contribution in [2.24, 2.45) is 0 Å². The topological polar surface area (TPSA) is 72.3 Å². The highest BCUT2D eigenvalue weighted by Gasteiger charge is 2.09. The van der Waals surface area contributed by atoms with Gasteiger partial charge in [0.1, 0.15) is 5.75 Å². The van der Waals surface area contributed by atoms with E-state index in [0.29, 0.717) is 11.4 Å². The number of hydrogen-bond donors (Lipinski definition) is 3. The van der Waals surface area contributed by atoms with Crippen molar-refractivity contribution in [2.75, 3.05) is 11.5 Å². The van der Waals surface area contributed by atoms with Crippen LogP contribution in [0.3, 0.4) is 0 Å². The molecule has 0 amide bonds. The first-order chi connectivity index (χ1) is 7.59. The molecule has 0 aliphatic heterocycles. The van der Waals surface area contributed by atoms with Crippen molar-refractivity contribution in [2.45, 2.75) is 6.92 Å². The van der Waals surface area contributed by atoms with E-state index in [2.05, 4.69) is 0 Å². The van der Waals surface area contributed by atoms with Gasteiger partial charge in [-0.15, -0.1) is 0 Å². The summed E-state index contributed by atoms with van der Waals surface area (Å²) in [6, 6.07) is 10.9. The summed E-state index contributed by atoms with van der Waals surface area (Å²) in [4.78, 5) is 0. The molecule has 2 rings (SSSR count). The van der Waals surface area contributed by atoms with Gasteiger partial charge in [0.05, 0.1) is 0 Å². The van der Waals surface area contributed by atoms with Gasteiger partial charge in [-0.3, -0.25) is 0 Å². The van der Waals surface area contributed by atoms with Gasteiger partial charge in [-0.1, -0.05) is 24.3 Å². The van der Waals surface area contributed by atoms with Gasteiger partial charge in [0, 0.05) is 22.5 Å². The maximum Gasteiger partial charge on any atom is 0.126 e. The van der Waals surface area contributed by atoms with Gasteiger partial charge in [-0.05, 0) is 24.6 Å². The molecule has 0 saturated heterocycles. The molecule has 0 unspecified atom stereocenters. The minimum Gasteiger partial charge on any atom is -0.507 e. The lowest BCUT2D eigenvalue weighted by Crippen LogP contribution is -1.93. The molecule has 0 bridgehead atoms. The number of rotatable bonds is 1. The van der Waals surface area contributed by atoms with Gasteiger partial charge in [0.15, 0.2) is 0 Å². The molecular formula is C13H14N2O. The summed E-state index contributed by atoms with van der Waals surface area (Å²) in [6.45, 7) is 1.85. The minimum absolute atomic E-state index is 0.263. The zero-order valence-corrected chi connectivity index (χ0v) is 9.07. The lowest BCUT2D eigenvalue weighted by molar-refractivity contribution is 0.473. The molecular weight excluding hydrogens is 200 g/mol. The van der Waals surface area contributed by atoms with Crippen LogP contribution in [0.25, 0.3) is 11.1 Å². The number of nitrogen functional groups attached to an aromatic ring is 2. The Morgan fingerprint density at radius 2 is 1.75 bits per heavy atom. The fourth-order valence-corrected chi connectivity index (χ4v) is 1.70. The third kappa shape index (κ3) is 1.67. The lowest BCUT2D eigenvalue weighted by Gasteiger charge is -2.10. The number of nitrogens with two attached hydrogens (primary N) is 2. The highest BCUT2D eigenvalue weighted by molar-refractivity contribution is 5.82. The highest BCUT2D eigenvalue weighted by Crippen LogP contribution is 2.35. The van der Waals surface area contributed by atoms with Gasteiger partial charge in [-0.25, -0.2) is 0 Å². The third-order valence-corrected chi connectivity index (χ3v) is 2.60. The molecule has 0 aromatic heterocycles. The van der Waals surface area contributed by atoms with E-state index in [0.717, 1.165) is 16.7 Å². The molecule has 3 nitrogen and oxygen atoms in total. The molecule has 0 heterocycles. The number of phenols is 1. The van der Waals surface area contributed by atoms with Crippen molar-refractivity contribution in [3.05, 3.63) is 42.0 Å². The van der Waals surface area contributed by atoms with Gasteiger partial charge < -0.3 is 16.6 Å². The van der Waals surface area contributed by atoms with Crippen LogP contribution in [0, 0.1) is 6.92 Å². The van der Waals surface area contributed by atoms with Crippen LogP contribution in [0.15, 0.2) is 36.4 Å². The summed E-state index contributed by atoms with van der Waals surface area (Å²) < 4.78 is 0. The Hall–Kier alpha value is -2.16. The maximum absolute atomic E-state index is 9.96. The standard InChI is InChI=1S/C13H14N2O/c1-8-3-2-4-11(13(8)16)10-6-5-9(14)7-12(10)15/h2-7,16H,14-15H2,1H3. The Balaban J connectivity index is 2.63. The van der Waals surface area contributed by atoms with E-state index in [1.807, 2.05) is 31.2 Å². The number of phenolic OH excluding ortho intramolecular Hbond substituents is 1. The molecule has 5 N–H and O–H groups in total. The molecule has 82 valence electrons. The largest absolute Gasteiger partial charge is 0.507 e. The Bertz CT molecular complexity index is 535. The molecule has 0 atom stereocenters. The molecule has 0 fully saturated rings. The first-order valence-electron chi connectivity index (χ1n) is 5.03. The summed E-state index contributed by atoms with van der Waals surface area (Å²) in [5.41, 5.74) is 15.1. The Morgan fingerprint density at radius 1 is 1.00 bits per heavy atom. The van der Waals surface area contributed by atoms with Crippen LogP contribution in [-0.2, 0) is 0 Å². The van der Waals surface area contributed by atoms with E-state index in [1.54, 1.807) is 12.1 Å². The second kappa shape index (κ2) is 3.77. The van der Waals surface area contributed by atoms with Crippen LogP contribution in [0.5, 0.6) is 5.75 Å². The molecule has 2 aromatic rings. The molecule has 3 heteroatoms. The summed E-state index contributed by atoms with van der Waals surface area (Å²) in [7, 11) is 0. The third-order valence-electron chi connectivity index (χ3n) is 2.60. The van der Waals surface area contributed by atoms with Crippen LogP contribution in [-0.4, -0.2) is 5.11 Å². The van der Waals surface area contributed by atoms with Gasteiger partial charge >= 0.3 is 0 Å². The van der Waals surface area contributed by atoms with Crippen LogP contribution >= 0.6 is 0 Å². The van der Waals surface area contributed by atoms with Gasteiger partial charge in [0.25, 0.3) is 0 Å². The lowest BCUT2D eigenvalue weighted by atomic mass is 10.00. The van der Waals surface area contributed by atoms with Crippen molar-refractivity contribution < 1.29 is 5.11 Å². The van der Waals surface area contributed by atoms with Gasteiger partial charge in [-0.2, -0.15) is 0 Å². The fourth-order valence-electron chi connectivity index (χ4n) is 1.70. The molecule has 0 aliphatic carbocycles. The zero-order valence-electron chi connectivity index (χ0n) is 9.07. The van der Waals surface area contributed by atoms with Crippen LogP contribution in [0.1, 0.15) is 5.56 Å². The smallest absolute Gasteiger partial charge is 0.126 e. The van der Waals surface area contributed by atoms with Crippen LogP contribution in [0.2, 0.25) is 0 Å². The monoisotopic (exact) mass is 214 g/mol. The van der Waals surface area contributed by atoms with Crippen LogP contribution < -0.4 is 11.5 Å². The Morgan fingerprint density at radius 3 is 2.44 bits per heavy atom. The number of aryl methyl sites for hydroxylation is 1. The Kier molecular flexibility index (Phi) is 2.44. The van der Waals surface area contributed by atoms with E-state index in [4.69, 9.17) is 11.5 Å². The summed E-state index contributed by atoms with van der Waals surface area (Å²) in [5.74, 6) is 0.263. The SMILES string of the molecule is Cc1cccc(-c2ccc(N)cc2N)c1O. The van der Waals surface area contributed by atoms with E-state index in [-0.39, 0.29) is 5.75 Å². The van der Waals surface area contributed by atoms with E-state index in [1.165, 1.54) is 0 Å². The fraction of sp³-hybridized carbons (Fsp3) is 0.0769. The molecule has 0 radical (unpaired) electrons. The molecule has 0 aliphatic rings. The van der Waals surface area contributed by atoms with Gasteiger partial charge in [0.2, 0.25) is 0 Å². The van der Waals surface area contributed by atoms with E-state index >= 15 is 0 Å². The number of para-hydroxylation sites is 1. The normalized spacial score (nSPS) is 10.3. The molecule has 2 aromatic carbocycles.